The third-order valence-electron chi connectivity index (χ3n) is 4.56. The Hall–Kier alpha value is -1.76. The van der Waals surface area contributed by atoms with Crippen LogP contribution >= 0.6 is 23.2 Å². The number of aryl methyl sites for hydroxylation is 1. The van der Waals surface area contributed by atoms with Crippen molar-refractivity contribution in [2.45, 2.75) is 40.2 Å². The Bertz CT molecular complexity index is 909. The molecule has 3 rings (SSSR count). The molecule has 0 aromatic heterocycles. The van der Waals surface area contributed by atoms with Crippen LogP contribution in [0.2, 0.25) is 10.0 Å². The maximum atomic E-state index is 7.50. The van der Waals surface area contributed by atoms with Gasteiger partial charge in [0, 0.05) is 39.4 Å². The first kappa shape index (κ1) is 30.4. The average Bonchev–Trinajstić information content (AvgIpc) is 3.25. The minimum atomic E-state index is -0.0520. The SMILES string of the molecule is Cc1ccccc1[C@@H]1CC(c2c(C)c(Cl)c(C)c(Cl)c2C)=NO1.[C-]#[O+].[C-]#[O+].[C-]#[O+].[Cr]. The van der Waals surface area contributed by atoms with Crippen molar-refractivity contribution in [2.75, 3.05) is 0 Å². The van der Waals surface area contributed by atoms with Crippen molar-refractivity contribution in [2.24, 2.45) is 5.16 Å². The van der Waals surface area contributed by atoms with E-state index in [1.807, 2.05) is 32.9 Å². The quantitative estimate of drug-likeness (QED) is 0.382. The van der Waals surface area contributed by atoms with Gasteiger partial charge in [-0.3, -0.25) is 0 Å². The maximum Gasteiger partial charge on any atom is 0 e. The molecule has 0 fully saturated rings. The second-order valence-corrected chi connectivity index (χ2v) is 6.83. The summed E-state index contributed by atoms with van der Waals surface area (Å²) < 4.78 is 22.5. The molecule has 1 aliphatic rings. The number of nitrogens with zero attached hydrogens (tertiary/aromatic N) is 1. The van der Waals surface area contributed by atoms with Crippen molar-refractivity contribution < 1.29 is 36.2 Å². The van der Waals surface area contributed by atoms with Gasteiger partial charge in [-0.25, -0.2) is 0 Å². The number of hydrogen-bond acceptors (Lipinski definition) is 2. The Kier molecular flexibility index (Phi) is 15.3. The molecule has 1 atom stereocenters. The van der Waals surface area contributed by atoms with E-state index in [2.05, 4.69) is 44.2 Å². The van der Waals surface area contributed by atoms with Gasteiger partial charge in [-0.05, 0) is 55.5 Å². The van der Waals surface area contributed by atoms with Gasteiger partial charge < -0.3 is 4.84 Å². The van der Waals surface area contributed by atoms with Crippen LogP contribution in [0.1, 0.15) is 45.9 Å². The van der Waals surface area contributed by atoms with E-state index in [9.17, 15) is 0 Å². The van der Waals surface area contributed by atoms with Crippen LogP contribution in [0.3, 0.4) is 0 Å². The van der Waals surface area contributed by atoms with Gasteiger partial charge in [0.2, 0.25) is 0 Å². The summed E-state index contributed by atoms with van der Waals surface area (Å²) in [5, 5.41) is 5.75. The summed E-state index contributed by atoms with van der Waals surface area (Å²) in [6.45, 7) is 21.6. The molecule has 8 heteroatoms. The summed E-state index contributed by atoms with van der Waals surface area (Å²) in [6, 6.07) is 8.24. The van der Waals surface area contributed by atoms with Crippen LogP contribution in [0.25, 0.3) is 0 Å². The fourth-order valence-corrected chi connectivity index (χ4v) is 3.66. The minimum Gasteiger partial charge on any atom is 0 e. The summed E-state index contributed by atoms with van der Waals surface area (Å²) >= 11 is 12.9. The number of halogens is 2. The predicted molar refractivity (Wildman–Crippen MR) is 109 cm³/mol. The van der Waals surface area contributed by atoms with Gasteiger partial charge in [-0.1, -0.05) is 52.6 Å². The fraction of sp³-hybridized carbons (Fsp3) is 0.273. The number of benzene rings is 2. The molecule has 2 aromatic carbocycles. The second-order valence-electron chi connectivity index (χ2n) is 6.07. The van der Waals surface area contributed by atoms with Crippen molar-refractivity contribution in [1.29, 1.82) is 0 Å². The molecule has 0 aliphatic carbocycles. The molecule has 0 unspecified atom stereocenters. The minimum absolute atomic E-state index is 0. The predicted octanol–water partition coefficient (Wildman–Crippen LogP) is 5.98. The Labute approximate surface area is 197 Å². The zero-order chi connectivity index (χ0) is 22.7. The van der Waals surface area contributed by atoms with E-state index in [-0.39, 0.29) is 23.5 Å². The zero-order valence-electron chi connectivity index (χ0n) is 16.8. The number of hydrogen-bond donors (Lipinski definition) is 0. The van der Waals surface area contributed by atoms with Crippen LogP contribution in [0, 0.1) is 47.6 Å². The summed E-state index contributed by atoms with van der Waals surface area (Å²) in [6.07, 6.45) is 0.672. The summed E-state index contributed by atoms with van der Waals surface area (Å²) in [5.41, 5.74) is 7.26. The summed E-state index contributed by atoms with van der Waals surface area (Å²) in [7, 11) is 0. The molecule has 156 valence electrons. The van der Waals surface area contributed by atoms with E-state index in [0.29, 0.717) is 10.0 Å². The van der Waals surface area contributed by atoms with Crippen LogP contribution in [0.4, 0.5) is 0 Å². The van der Waals surface area contributed by atoms with E-state index in [1.54, 1.807) is 0 Å². The van der Waals surface area contributed by atoms with E-state index < -0.39 is 0 Å². The van der Waals surface area contributed by atoms with Crippen LogP contribution in [0.15, 0.2) is 29.4 Å². The monoisotopic (exact) mass is 483 g/mol. The van der Waals surface area contributed by atoms with Gasteiger partial charge in [-0.2, -0.15) is 0 Å². The maximum absolute atomic E-state index is 7.50. The van der Waals surface area contributed by atoms with Crippen molar-refractivity contribution in [1.82, 2.24) is 0 Å². The molecule has 2 aromatic rings. The van der Waals surface area contributed by atoms with Crippen LogP contribution in [-0.4, -0.2) is 5.71 Å². The molecule has 0 spiro atoms. The van der Waals surface area contributed by atoms with Crippen LogP contribution in [-0.2, 0) is 36.2 Å². The molecule has 1 aliphatic heterocycles. The molecule has 0 bridgehead atoms. The van der Waals surface area contributed by atoms with Crippen molar-refractivity contribution in [3.8, 4) is 0 Å². The zero-order valence-corrected chi connectivity index (χ0v) is 19.6. The normalized spacial score (nSPS) is 13.3. The van der Waals surface area contributed by atoms with Crippen molar-refractivity contribution >= 4 is 28.9 Å². The van der Waals surface area contributed by atoms with E-state index in [1.165, 1.54) is 11.1 Å². The van der Waals surface area contributed by atoms with Gasteiger partial charge in [0.05, 0.1) is 5.71 Å². The molecule has 1 heterocycles. The molecule has 30 heavy (non-hydrogen) atoms. The first-order valence-electron chi connectivity index (χ1n) is 8.26. The molecular formula is C22H19Cl2CrNO4. The Balaban J connectivity index is 0. The fourth-order valence-electron chi connectivity index (χ4n) is 3.23. The first-order chi connectivity index (χ1) is 13.9. The molecule has 5 nitrogen and oxygen atoms in total. The van der Waals surface area contributed by atoms with Crippen LogP contribution in [0.5, 0.6) is 0 Å². The molecule has 0 saturated carbocycles. The average molecular weight is 484 g/mol. The second kappa shape index (κ2) is 15.1. The smallest absolute Gasteiger partial charge is 0 e. The Morgan fingerprint density at radius 3 is 1.80 bits per heavy atom. The Morgan fingerprint density at radius 1 is 0.867 bits per heavy atom. The standard InChI is InChI=1S/C19H19Cl2NO.3CO.Cr/c1-10-7-5-6-8-14(10)16-9-15(22-23-16)17-11(2)18(20)13(4)19(21)12(17)3;3*1-2;/h5-8,16H,9H2,1-4H3;;;;/t16-;;;;/m0..../s1. The number of rotatable bonds is 2. The summed E-state index contributed by atoms with van der Waals surface area (Å²) in [5.74, 6) is 0. The van der Waals surface area contributed by atoms with Crippen molar-refractivity contribution in [3.63, 3.8) is 0 Å². The number of oxime groups is 1. The van der Waals surface area contributed by atoms with Crippen LogP contribution < -0.4 is 0 Å². The molecular weight excluding hydrogens is 465 g/mol. The topological polar surface area (TPSA) is 81.3 Å². The molecule has 0 radical (unpaired) electrons. The van der Waals surface area contributed by atoms with Gasteiger partial charge in [0.1, 0.15) is 0 Å². The van der Waals surface area contributed by atoms with E-state index in [0.717, 1.165) is 34.4 Å². The summed E-state index contributed by atoms with van der Waals surface area (Å²) in [4.78, 5) is 5.71. The van der Waals surface area contributed by atoms with Crippen molar-refractivity contribution in [3.05, 3.63) is 87.6 Å². The van der Waals surface area contributed by atoms with Gasteiger partial charge in [-0.15, -0.1) is 0 Å². The van der Waals surface area contributed by atoms with E-state index >= 15 is 0 Å². The van der Waals surface area contributed by atoms with E-state index in [4.69, 9.17) is 42.0 Å². The third-order valence-corrected chi connectivity index (χ3v) is 5.69. The van der Waals surface area contributed by atoms with Gasteiger partial charge in [0.25, 0.3) is 0 Å². The van der Waals surface area contributed by atoms with Gasteiger partial charge >= 0.3 is 33.9 Å². The molecule has 0 N–H and O–H groups in total. The first-order valence-corrected chi connectivity index (χ1v) is 9.02. The molecule has 0 saturated heterocycles. The van der Waals surface area contributed by atoms with Gasteiger partial charge in [0.15, 0.2) is 6.10 Å². The molecule has 0 amide bonds. The largest absolute Gasteiger partial charge is 0 e. The Morgan fingerprint density at radius 2 is 1.33 bits per heavy atom. The third kappa shape index (κ3) is 6.62.